The first-order valence-electron chi connectivity index (χ1n) is 8.79. The second kappa shape index (κ2) is 8.45. The fraction of sp³-hybridized carbons (Fsp3) is 0.227. The van der Waals surface area contributed by atoms with Gasteiger partial charge in [0.25, 0.3) is 0 Å². The smallest absolute Gasteiger partial charge is 0.306 e. The van der Waals surface area contributed by atoms with Crippen molar-refractivity contribution in [1.29, 1.82) is 0 Å². The molecule has 1 heterocycles. The van der Waals surface area contributed by atoms with Crippen LogP contribution in [0.25, 0.3) is 11.3 Å². The van der Waals surface area contributed by atoms with E-state index in [-0.39, 0.29) is 18.8 Å². The monoisotopic (exact) mass is 363 g/mol. The molecule has 0 spiro atoms. The highest BCUT2D eigenvalue weighted by molar-refractivity contribution is 5.99. The highest BCUT2D eigenvalue weighted by Crippen LogP contribution is 2.20. The van der Waals surface area contributed by atoms with Gasteiger partial charge in [-0.2, -0.15) is 0 Å². The molecule has 27 heavy (non-hydrogen) atoms. The number of benzene rings is 2. The van der Waals surface area contributed by atoms with Gasteiger partial charge in [-0.05, 0) is 25.5 Å². The van der Waals surface area contributed by atoms with Gasteiger partial charge in [0.2, 0.25) is 5.78 Å². The second-order valence-corrected chi connectivity index (χ2v) is 6.39. The third-order valence-electron chi connectivity index (χ3n) is 4.21. The van der Waals surface area contributed by atoms with Crippen LogP contribution in [0.15, 0.2) is 59.1 Å². The zero-order chi connectivity index (χ0) is 19.2. The Bertz CT molecular complexity index is 944. The number of hydrogen-bond donors (Lipinski definition) is 0. The van der Waals surface area contributed by atoms with E-state index in [1.807, 2.05) is 62.4 Å². The fourth-order valence-electron chi connectivity index (χ4n) is 2.70. The molecule has 0 aliphatic carbocycles. The second-order valence-electron chi connectivity index (χ2n) is 6.39. The first-order valence-corrected chi connectivity index (χ1v) is 8.79. The van der Waals surface area contributed by atoms with E-state index < -0.39 is 5.97 Å². The molecule has 0 saturated carbocycles. The predicted molar refractivity (Wildman–Crippen MR) is 101 cm³/mol. The van der Waals surface area contributed by atoms with Crippen molar-refractivity contribution in [2.45, 2.75) is 26.7 Å². The Morgan fingerprint density at radius 3 is 2.63 bits per heavy atom. The lowest BCUT2D eigenvalue weighted by Crippen LogP contribution is -2.15. The van der Waals surface area contributed by atoms with Crippen molar-refractivity contribution in [2.24, 2.45) is 0 Å². The van der Waals surface area contributed by atoms with Gasteiger partial charge in [-0.3, -0.25) is 9.59 Å². The molecule has 0 N–H and O–H groups in total. The molecule has 0 unspecified atom stereocenters. The predicted octanol–water partition coefficient (Wildman–Crippen LogP) is 4.32. The number of ether oxygens (including phenoxy) is 1. The SMILES string of the molecule is Cc1ccc(C)c(C(=O)COC(=O)CCc2ncc(-c3ccccc3)o2)c1. The minimum absolute atomic E-state index is 0.106. The Morgan fingerprint density at radius 2 is 1.85 bits per heavy atom. The van der Waals surface area contributed by atoms with Crippen molar-refractivity contribution >= 4 is 11.8 Å². The number of oxazole rings is 1. The van der Waals surface area contributed by atoms with Gasteiger partial charge in [0.05, 0.1) is 12.6 Å². The summed E-state index contributed by atoms with van der Waals surface area (Å²) in [7, 11) is 0. The number of ketones is 1. The van der Waals surface area contributed by atoms with Gasteiger partial charge in [-0.15, -0.1) is 0 Å². The number of carbonyl (C=O) groups is 2. The molecule has 0 aliphatic rings. The van der Waals surface area contributed by atoms with Gasteiger partial charge < -0.3 is 9.15 Å². The van der Waals surface area contributed by atoms with Gasteiger partial charge in [0.15, 0.2) is 18.3 Å². The molecule has 138 valence electrons. The first-order chi connectivity index (χ1) is 13.0. The normalized spacial score (nSPS) is 10.6. The maximum absolute atomic E-state index is 12.2. The molecule has 0 fully saturated rings. The van der Waals surface area contributed by atoms with Crippen molar-refractivity contribution in [1.82, 2.24) is 4.98 Å². The molecule has 0 saturated heterocycles. The fourth-order valence-corrected chi connectivity index (χ4v) is 2.70. The zero-order valence-corrected chi connectivity index (χ0v) is 15.4. The van der Waals surface area contributed by atoms with E-state index in [0.29, 0.717) is 23.6 Å². The topological polar surface area (TPSA) is 69.4 Å². The number of Topliss-reactive ketones (excluding diaryl/α,β-unsaturated/α-hetero) is 1. The van der Waals surface area contributed by atoms with Crippen molar-refractivity contribution < 1.29 is 18.7 Å². The number of esters is 1. The minimum Gasteiger partial charge on any atom is -0.457 e. The Morgan fingerprint density at radius 1 is 1.07 bits per heavy atom. The largest absolute Gasteiger partial charge is 0.457 e. The summed E-state index contributed by atoms with van der Waals surface area (Å²) in [5.74, 6) is 0.468. The van der Waals surface area contributed by atoms with Crippen LogP contribution in [0, 0.1) is 13.8 Å². The molecule has 1 aromatic heterocycles. The maximum Gasteiger partial charge on any atom is 0.306 e. The zero-order valence-electron chi connectivity index (χ0n) is 15.4. The Balaban J connectivity index is 1.49. The molecule has 5 heteroatoms. The van der Waals surface area contributed by atoms with Crippen LogP contribution in [0.2, 0.25) is 0 Å². The highest BCUT2D eigenvalue weighted by atomic mass is 16.5. The number of aryl methyl sites for hydroxylation is 3. The third-order valence-corrected chi connectivity index (χ3v) is 4.21. The van der Waals surface area contributed by atoms with E-state index in [9.17, 15) is 9.59 Å². The first kappa shape index (κ1) is 18.6. The van der Waals surface area contributed by atoms with Crippen LogP contribution in [0.4, 0.5) is 0 Å². The molecule has 0 radical (unpaired) electrons. The Labute approximate surface area is 158 Å². The number of nitrogens with zero attached hydrogens (tertiary/aromatic N) is 1. The van der Waals surface area contributed by atoms with Crippen molar-refractivity contribution in [3.05, 3.63) is 77.3 Å². The Kier molecular flexibility index (Phi) is 5.81. The molecule has 3 rings (SSSR count). The van der Waals surface area contributed by atoms with E-state index in [4.69, 9.17) is 9.15 Å². The van der Waals surface area contributed by atoms with Gasteiger partial charge in [0.1, 0.15) is 0 Å². The lowest BCUT2D eigenvalue weighted by Gasteiger charge is -2.07. The molecular weight excluding hydrogens is 342 g/mol. The molecule has 0 bridgehead atoms. The summed E-state index contributed by atoms with van der Waals surface area (Å²) in [5.41, 5.74) is 3.38. The summed E-state index contributed by atoms with van der Waals surface area (Å²) in [4.78, 5) is 28.4. The van der Waals surface area contributed by atoms with Crippen molar-refractivity contribution in [2.75, 3.05) is 6.61 Å². The van der Waals surface area contributed by atoms with Crippen LogP contribution in [0.3, 0.4) is 0 Å². The summed E-state index contributed by atoms with van der Waals surface area (Å²) >= 11 is 0. The van der Waals surface area contributed by atoms with Crippen LogP contribution >= 0.6 is 0 Å². The minimum atomic E-state index is -0.451. The standard InChI is InChI=1S/C22H21NO4/c1-15-8-9-16(2)18(12-15)19(24)14-26-22(25)11-10-21-23-13-20(27-21)17-6-4-3-5-7-17/h3-9,12-13H,10-11,14H2,1-2H3. The van der Waals surface area contributed by atoms with E-state index in [2.05, 4.69) is 4.98 Å². The highest BCUT2D eigenvalue weighted by Gasteiger charge is 2.14. The third kappa shape index (κ3) is 4.91. The number of rotatable bonds is 7. The quantitative estimate of drug-likeness (QED) is 0.462. The lowest BCUT2D eigenvalue weighted by molar-refractivity contribution is -0.142. The van der Waals surface area contributed by atoms with Crippen LogP contribution in [0.1, 0.15) is 33.8 Å². The molecule has 0 aliphatic heterocycles. The summed E-state index contributed by atoms with van der Waals surface area (Å²) in [6.07, 6.45) is 2.07. The van der Waals surface area contributed by atoms with Gasteiger partial charge in [-0.1, -0.05) is 48.0 Å². The molecule has 5 nitrogen and oxygen atoms in total. The van der Waals surface area contributed by atoms with Gasteiger partial charge in [-0.25, -0.2) is 4.98 Å². The average Bonchev–Trinajstić information content (AvgIpc) is 3.16. The van der Waals surface area contributed by atoms with Crippen LogP contribution in [-0.2, 0) is 16.0 Å². The lowest BCUT2D eigenvalue weighted by atomic mass is 10.0. The molecule has 0 atom stereocenters. The van der Waals surface area contributed by atoms with E-state index in [0.717, 1.165) is 16.7 Å². The number of carbonyl (C=O) groups excluding carboxylic acids is 2. The van der Waals surface area contributed by atoms with E-state index in [1.165, 1.54) is 0 Å². The van der Waals surface area contributed by atoms with Gasteiger partial charge >= 0.3 is 5.97 Å². The summed E-state index contributed by atoms with van der Waals surface area (Å²) < 4.78 is 10.8. The molecule has 0 amide bonds. The summed E-state index contributed by atoms with van der Waals surface area (Å²) in [6, 6.07) is 15.3. The number of aromatic nitrogens is 1. The van der Waals surface area contributed by atoms with Crippen LogP contribution < -0.4 is 0 Å². The van der Waals surface area contributed by atoms with E-state index >= 15 is 0 Å². The van der Waals surface area contributed by atoms with Crippen LogP contribution in [-0.4, -0.2) is 23.3 Å². The Hall–Kier alpha value is -3.21. The maximum atomic E-state index is 12.2. The average molecular weight is 363 g/mol. The van der Waals surface area contributed by atoms with Crippen molar-refractivity contribution in [3.8, 4) is 11.3 Å². The summed E-state index contributed by atoms with van der Waals surface area (Å²) in [5, 5.41) is 0. The van der Waals surface area contributed by atoms with E-state index in [1.54, 1.807) is 6.20 Å². The van der Waals surface area contributed by atoms with Crippen molar-refractivity contribution in [3.63, 3.8) is 0 Å². The molecule has 3 aromatic rings. The van der Waals surface area contributed by atoms with Gasteiger partial charge in [0, 0.05) is 17.5 Å². The van der Waals surface area contributed by atoms with Crippen LogP contribution in [0.5, 0.6) is 0 Å². The summed E-state index contributed by atoms with van der Waals surface area (Å²) in [6.45, 7) is 3.52. The molecule has 2 aromatic carbocycles. The number of hydrogen-bond acceptors (Lipinski definition) is 5. The molecular formula is C22H21NO4.